The zero-order chi connectivity index (χ0) is 14.2. The first-order valence-electron chi connectivity index (χ1n) is 7.62. The van der Waals surface area contributed by atoms with Crippen LogP contribution in [0.1, 0.15) is 24.8 Å². The maximum Gasteiger partial charge on any atom is 0.0525 e. The summed E-state index contributed by atoms with van der Waals surface area (Å²) in [5.41, 5.74) is 1.66. The molecule has 2 saturated heterocycles. The first-order chi connectivity index (χ1) is 9.59. The van der Waals surface area contributed by atoms with Crippen molar-refractivity contribution in [3.8, 4) is 0 Å². The molecule has 0 aromatic carbocycles. The van der Waals surface area contributed by atoms with Crippen LogP contribution in [0.4, 0.5) is 0 Å². The molecule has 0 radical (unpaired) electrons. The molecule has 3 atom stereocenters. The molecule has 0 saturated carbocycles. The van der Waals surface area contributed by atoms with Crippen molar-refractivity contribution in [1.82, 2.24) is 20.0 Å². The highest BCUT2D eigenvalue weighted by molar-refractivity contribution is 5.16. The molecule has 0 spiro atoms. The third kappa shape index (κ3) is 2.75. The van der Waals surface area contributed by atoms with Gasteiger partial charge in [-0.05, 0) is 23.9 Å². The predicted octanol–water partition coefficient (Wildman–Crippen LogP) is 0.427. The van der Waals surface area contributed by atoms with Gasteiger partial charge >= 0.3 is 0 Å². The molecule has 1 aromatic heterocycles. The van der Waals surface area contributed by atoms with Crippen LogP contribution in [-0.2, 0) is 7.05 Å². The second kappa shape index (κ2) is 5.47. The van der Waals surface area contributed by atoms with Crippen molar-refractivity contribution in [2.24, 2.45) is 18.4 Å². The van der Waals surface area contributed by atoms with Crippen LogP contribution in [-0.4, -0.2) is 59.1 Å². The van der Waals surface area contributed by atoms with Crippen LogP contribution in [0.15, 0.2) is 12.4 Å². The van der Waals surface area contributed by atoms with Gasteiger partial charge < -0.3 is 15.3 Å². The number of nitrogens with one attached hydrogen (secondary N) is 1. The van der Waals surface area contributed by atoms with E-state index in [0.717, 1.165) is 32.7 Å². The number of aliphatic hydroxyl groups excluding tert-OH is 1. The number of aryl methyl sites for hydroxylation is 1. The zero-order valence-corrected chi connectivity index (χ0v) is 12.5. The largest absolute Gasteiger partial charge is 0.396 e. The van der Waals surface area contributed by atoms with E-state index in [1.807, 2.05) is 17.9 Å². The second-order valence-corrected chi connectivity index (χ2v) is 6.93. The maximum absolute atomic E-state index is 9.68. The summed E-state index contributed by atoms with van der Waals surface area (Å²) in [5, 5.41) is 17.4. The van der Waals surface area contributed by atoms with Crippen molar-refractivity contribution < 1.29 is 5.11 Å². The SMILES string of the molecule is Cn1cc([C@@H]2CN(CC3(C)CCNC3)C[C@H]2CO)cn1. The molecule has 2 aliphatic heterocycles. The molecular formula is C15H26N4O. The van der Waals surface area contributed by atoms with Gasteiger partial charge in [-0.3, -0.25) is 4.68 Å². The Morgan fingerprint density at radius 1 is 1.50 bits per heavy atom. The molecule has 0 bridgehead atoms. The van der Waals surface area contributed by atoms with E-state index in [-0.39, 0.29) is 6.61 Å². The third-order valence-corrected chi connectivity index (χ3v) is 4.97. The Labute approximate surface area is 121 Å². The van der Waals surface area contributed by atoms with Gasteiger partial charge in [-0.2, -0.15) is 5.10 Å². The van der Waals surface area contributed by atoms with Crippen LogP contribution in [0, 0.1) is 11.3 Å². The molecule has 5 heteroatoms. The summed E-state index contributed by atoms with van der Waals surface area (Å²) in [6.45, 7) is 8.08. The highest BCUT2D eigenvalue weighted by Gasteiger charge is 2.38. The van der Waals surface area contributed by atoms with Crippen LogP contribution in [0.25, 0.3) is 0 Å². The first kappa shape index (κ1) is 14.0. The number of likely N-dealkylation sites (tertiary alicyclic amines) is 1. The fraction of sp³-hybridized carbons (Fsp3) is 0.800. The smallest absolute Gasteiger partial charge is 0.0525 e. The van der Waals surface area contributed by atoms with E-state index in [2.05, 4.69) is 28.4 Å². The topological polar surface area (TPSA) is 53.3 Å². The van der Waals surface area contributed by atoms with E-state index >= 15 is 0 Å². The van der Waals surface area contributed by atoms with Crippen molar-refractivity contribution in [3.05, 3.63) is 18.0 Å². The van der Waals surface area contributed by atoms with Crippen LogP contribution in [0.3, 0.4) is 0 Å². The number of hydrogen-bond acceptors (Lipinski definition) is 4. The number of aromatic nitrogens is 2. The molecule has 3 heterocycles. The Hall–Kier alpha value is -0.910. The summed E-state index contributed by atoms with van der Waals surface area (Å²) in [7, 11) is 1.95. The summed E-state index contributed by atoms with van der Waals surface area (Å²) in [6, 6.07) is 0. The van der Waals surface area contributed by atoms with Gasteiger partial charge in [-0.1, -0.05) is 6.92 Å². The second-order valence-electron chi connectivity index (χ2n) is 6.93. The standard InChI is InChI=1S/C15H26N4O/c1-15(3-4-16-10-15)11-19-7-13(9-20)14(8-19)12-5-17-18(2)6-12/h5-6,13-14,16,20H,3-4,7-11H2,1-2H3/t13-,14-,15?/m0/s1. The van der Waals surface area contributed by atoms with E-state index in [1.54, 1.807) is 0 Å². The average Bonchev–Trinajstić information content (AvgIpc) is 3.10. The Kier molecular flexibility index (Phi) is 3.84. The first-order valence-corrected chi connectivity index (χ1v) is 7.62. The van der Waals surface area contributed by atoms with Gasteiger partial charge in [0.15, 0.2) is 0 Å². The summed E-state index contributed by atoms with van der Waals surface area (Å²) in [5.74, 6) is 0.767. The third-order valence-electron chi connectivity index (χ3n) is 4.97. The lowest BCUT2D eigenvalue weighted by atomic mass is 9.89. The minimum atomic E-state index is 0.269. The quantitative estimate of drug-likeness (QED) is 0.838. The summed E-state index contributed by atoms with van der Waals surface area (Å²) in [6.07, 6.45) is 5.30. The minimum absolute atomic E-state index is 0.269. The highest BCUT2D eigenvalue weighted by Crippen LogP contribution is 2.35. The molecule has 2 fully saturated rings. The molecule has 0 aliphatic carbocycles. The highest BCUT2D eigenvalue weighted by atomic mass is 16.3. The van der Waals surface area contributed by atoms with Crippen molar-refractivity contribution in [2.45, 2.75) is 19.3 Å². The number of aliphatic hydroxyl groups is 1. The molecule has 1 aromatic rings. The van der Waals surface area contributed by atoms with Crippen molar-refractivity contribution >= 4 is 0 Å². The molecule has 5 nitrogen and oxygen atoms in total. The predicted molar refractivity (Wildman–Crippen MR) is 78.6 cm³/mol. The molecule has 0 amide bonds. The Balaban J connectivity index is 1.68. The fourth-order valence-corrected chi connectivity index (χ4v) is 3.83. The molecule has 2 aliphatic rings. The van der Waals surface area contributed by atoms with Gasteiger partial charge in [-0.15, -0.1) is 0 Å². The minimum Gasteiger partial charge on any atom is -0.396 e. The van der Waals surface area contributed by atoms with Crippen LogP contribution in [0.2, 0.25) is 0 Å². The molecule has 20 heavy (non-hydrogen) atoms. The van der Waals surface area contributed by atoms with Crippen molar-refractivity contribution in [3.63, 3.8) is 0 Å². The number of nitrogens with zero attached hydrogens (tertiary/aromatic N) is 3. The van der Waals surface area contributed by atoms with Crippen LogP contribution >= 0.6 is 0 Å². The van der Waals surface area contributed by atoms with E-state index in [1.165, 1.54) is 12.0 Å². The van der Waals surface area contributed by atoms with E-state index in [4.69, 9.17) is 0 Å². The van der Waals surface area contributed by atoms with Crippen molar-refractivity contribution in [1.29, 1.82) is 0 Å². The summed E-state index contributed by atoms with van der Waals surface area (Å²) in [4.78, 5) is 2.53. The molecule has 3 rings (SSSR count). The fourth-order valence-electron chi connectivity index (χ4n) is 3.83. The Bertz CT molecular complexity index is 452. The van der Waals surface area contributed by atoms with Gasteiger partial charge in [0.2, 0.25) is 0 Å². The van der Waals surface area contributed by atoms with Gasteiger partial charge in [0.05, 0.1) is 6.20 Å². The Morgan fingerprint density at radius 3 is 2.95 bits per heavy atom. The zero-order valence-electron chi connectivity index (χ0n) is 12.5. The van der Waals surface area contributed by atoms with E-state index in [0.29, 0.717) is 17.3 Å². The molecule has 112 valence electrons. The lowest BCUT2D eigenvalue weighted by Crippen LogP contribution is -2.36. The molecule has 2 N–H and O–H groups in total. The van der Waals surface area contributed by atoms with Gasteiger partial charge in [-0.25, -0.2) is 0 Å². The monoisotopic (exact) mass is 278 g/mol. The van der Waals surface area contributed by atoms with Gasteiger partial charge in [0.25, 0.3) is 0 Å². The van der Waals surface area contributed by atoms with Gasteiger partial charge in [0, 0.05) is 57.9 Å². The molecule has 1 unspecified atom stereocenters. The lowest BCUT2D eigenvalue weighted by Gasteiger charge is -2.29. The summed E-state index contributed by atoms with van der Waals surface area (Å²) < 4.78 is 1.86. The van der Waals surface area contributed by atoms with Crippen molar-refractivity contribution in [2.75, 3.05) is 39.3 Å². The normalized spacial score (nSPS) is 35.0. The average molecular weight is 278 g/mol. The Morgan fingerprint density at radius 2 is 2.35 bits per heavy atom. The van der Waals surface area contributed by atoms with E-state index in [9.17, 15) is 5.11 Å². The summed E-state index contributed by atoms with van der Waals surface area (Å²) >= 11 is 0. The van der Waals surface area contributed by atoms with E-state index < -0.39 is 0 Å². The lowest BCUT2D eigenvalue weighted by molar-refractivity contribution is 0.184. The number of hydrogen-bond donors (Lipinski definition) is 2. The van der Waals surface area contributed by atoms with Gasteiger partial charge in [0.1, 0.15) is 0 Å². The maximum atomic E-state index is 9.68. The van der Waals surface area contributed by atoms with Crippen LogP contribution in [0.5, 0.6) is 0 Å². The van der Waals surface area contributed by atoms with Crippen LogP contribution < -0.4 is 5.32 Å². The number of rotatable bonds is 4. The molecular weight excluding hydrogens is 252 g/mol.